The summed E-state index contributed by atoms with van der Waals surface area (Å²) in [6.45, 7) is 0. The fourth-order valence-corrected chi connectivity index (χ4v) is 2.60. The molecule has 138 valence electrons. The quantitative estimate of drug-likeness (QED) is 0.623. The van der Waals surface area contributed by atoms with Gasteiger partial charge in [0.05, 0.1) is 5.69 Å². The van der Waals surface area contributed by atoms with Gasteiger partial charge in [0.2, 0.25) is 0 Å². The number of nitrogens with one attached hydrogen (secondary N) is 2. The van der Waals surface area contributed by atoms with Gasteiger partial charge in [0, 0.05) is 15.6 Å². The van der Waals surface area contributed by atoms with Crippen molar-refractivity contribution < 1.29 is 31.8 Å². The average Bonchev–Trinajstić information content (AvgIpc) is 2.88. The van der Waals surface area contributed by atoms with Crippen LogP contribution in [0.5, 0.6) is 11.5 Å². The third kappa shape index (κ3) is 3.51. The summed E-state index contributed by atoms with van der Waals surface area (Å²) in [6, 6.07) is 5.80. The summed E-state index contributed by atoms with van der Waals surface area (Å²) in [5.74, 6) is -4.89. The summed E-state index contributed by atoms with van der Waals surface area (Å²) >= 11 is 8.73. The predicted molar refractivity (Wildman–Crippen MR) is 87.7 cm³/mol. The van der Waals surface area contributed by atoms with Crippen molar-refractivity contribution in [2.45, 2.75) is 12.1 Å². The van der Waals surface area contributed by atoms with Crippen LogP contribution in [0.15, 0.2) is 40.9 Å². The van der Waals surface area contributed by atoms with Crippen molar-refractivity contribution in [2.24, 2.45) is 0 Å². The number of benzene rings is 2. The molecule has 1 heterocycles. The maximum atomic E-state index is 13.7. The number of anilines is 1. The van der Waals surface area contributed by atoms with Crippen molar-refractivity contribution in [1.82, 2.24) is 5.32 Å². The third-order valence-electron chi connectivity index (χ3n) is 3.24. The number of alkyl halides is 3. The molecule has 2 aromatic rings. The lowest BCUT2D eigenvalue weighted by atomic mass is 10.3. The number of carbonyl (C=O) groups is 1. The van der Waals surface area contributed by atoms with Crippen molar-refractivity contribution in [1.29, 1.82) is 0 Å². The molecule has 0 fully saturated rings. The molecule has 1 atom stereocenters. The molecule has 5 nitrogen and oxygen atoms in total. The van der Waals surface area contributed by atoms with Crippen LogP contribution in [0, 0.1) is 5.82 Å². The molecule has 0 bridgehead atoms. The van der Waals surface area contributed by atoms with Crippen LogP contribution in [0.25, 0.3) is 0 Å². The first-order valence-electron chi connectivity index (χ1n) is 6.88. The van der Waals surface area contributed by atoms with Gasteiger partial charge in [0.25, 0.3) is 0 Å². The number of halogens is 6. The van der Waals surface area contributed by atoms with Gasteiger partial charge in [0.1, 0.15) is 5.82 Å². The molecule has 2 aromatic carbocycles. The van der Waals surface area contributed by atoms with Crippen LogP contribution in [-0.4, -0.2) is 18.1 Å². The summed E-state index contributed by atoms with van der Waals surface area (Å²) in [7, 11) is 0. The van der Waals surface area contributed by atoms with Gasteiger partial charge >= 0.3 is 18.1 Å². The molecule has 3 rings (SSSR count). The van der Waals surface area contributed by atoms with E-state index in [-0.39, 0.29) is 22.2 Å². The predicted octanol–water partition coefficient (Wildman–Crippen LogP) is 5.05. The summed E-state index contributed by atoms with van der Waals surface area (Å²) < 4.78 is 64.2. The minimum Gasteiger partial charge on any atom is -0.424 e. The number of fused-ring (bicyclic) bond motifs is 1. The van der Waals surface area contributed by atoms with Crippen molar-refractivity contribution in [2.75, 3.05) is 5.32 Å². The lowest BCUT2D eigenvalue weighted by Gasteiger charge is -2.29. The smallest absolute Gasteiger partial charge is 0.424 e. The molecule has 26 heavy (non-hydrogen) atoms. The Hall–Kier alpha value is -2.20. The van der Waals surface area contributed by atoms with Crippen LogP contribution >= 0.6 is 27.5 Å². The van der Waals surface area contributed by atoms with E-state index in [4.69, 9.17) is 21.1 Å². The molecule has 0 saturated heterocycles. The third-order valence-corrected chi connectivity index (χ3v) is 3.97. The summed E-state index contributed by atoms with van der Waals surface area (Å²) in [5, 5.41) is 3.63. The molecule has 0 aromatic heterocycles. The molecule has 0 saturated carbocycles. The number of urea groups is 1. The normalized spacial score (nSPS) is 18.5. The second kappa shape index (κ2) is 6.51. The van der Waals surface area contributed by atoms with E-state index in [1.807, 2.05) is 5.32 Å². The molecular formula is C15H8BrClF4N2O3. The van der Waals surface area contributed by atoms with E-state index in [2.05, 4.69) is 15.9 Å². The minimum atomic E-state index is -5.14. The van der Waals surface area contributed by atoms with Gasteiger partial charge < -0.3 is 14.8 Å². The first-order chi connectivity index (χ1) is 12.1. The fourth-order valence-electron chi connectivity index (χ4n) is 2.11. The standard InChI is InChI=1S/C15H8BrClF4N2O3/c16-7-1-3-10(9(18)5-7)22-13(24)23-15(14(19,20)21)25-11-4-2-8(17)6-12(11)26-15/h1-6H,(H2,22,23,24). The molecule has 1 unspecified atom stereocenters. The molecule has 2 N–H and O–H groups in total. The Balaban J connectivity index is 1.83. The molecule has 1 aliphatic rings. The van der Waals surface area contributed by atoms with Crippen molar-refractivity contribution in [3.05, 3.63) is 51.7 Å². The molecule has 0 spiro atoms. The maximum absolute atomic E-state index is 13.7. The van der Waals surface area contributed by atoms with E-state index in [1.54, 1.807) is 5.32 Å². The van der Waals surface area contributed by atoms with Gasteiger partial charge in [-0.1, -0.05) is 27.5 Å². The minimum absolute atomic E-state index is 0.117. The van der Waals surface area contributed by atoms with Crippen molar-refractivity contribution in [3.63, 3.8) is 0 Å². The van der Waals surface area contributed by atoms with Gasteiger partial charge in [-0.15, -0.1) is 0 Å². The summed E-state index contributed by atoms with van der Waals surface area (Å²) in [4.78, 5) is 12.0. The maximum Gasteiger partial charge on any atom is 0.492 e. The molecule has 0 aliphatic carbocycles. The largest absolute Gasteiger partial charge is 0.492 e. The zero-order valence-corrected chi connectivity index (χ0v) is 14.8. The van der Waals surface area contributed by atoms with Gasteiger partial charge in [0.15, 0.2) is 11.5 Å². The van der Waals surface area contributed by atoms with E-state index < -0.39 is 23.9 Å². The van der Waals surface area contributed by atoms with Crippen LogP contribution in [0.4, 0.5) is 28.0 Å². The highest BCUT2D eigenvalue weighted by Crippen LogP contribution is 2.46. The first-order valence-corrected chi connectivity index (χ1v) is 8.05. The highest BCUT2D eigenvalue weighted by atomic mass is 79.9. The second-order valence-electron chi connectivity index (χ2n) is 5.11. The molecule has 11 heteroatoms. The van der Waals surface area contributed by atoms with Crippen LogP contribution in [0.2, 0.25) is 5.02 Å². The molecular weight excluding hydrogens is 448 g/mol. The van der Waals surface area contributed by atoms with Crippen LogP contribution < -0.4 is 20.1 Å². The SMILES string of the molecule is O=C(Nc1ccc(Br)cc1F)NC1(C(F)(F)F)Oc2ccc(Cl)cc2O1. The van der Waals surface area contributed by atoms with Gasteiger partial charge in [-0.2, -0.15) is 13.2 Å². The number of hydrogen-bond donors (Lipinski definition) is 2. The van der Waals surface area contributed by atoms with E-state index in [0.29, 0.717) is 4.47 Å². The van der Waals surface area contributed by atoms with Crippen LogP contribution in [0.3, 0.4) is 0 Å². The van der Waals surface area contributed by atoms with Gasteiger partial charge in [-0.05, 0) is 30.3 Å². The first kappa shape index (κ1) is 18.6. The summed E-state index contributed by atoms with van der Waals surface area (Å²) in [5.41, 5.74) is -0.332. The molecule has 0 radical (unpaired) electrons. The zero-order chi connectivity index (χ0) is 19.1. The van der Waals surface area contributed by atoms with E-state index in [9.17, 15) is 22.4 Å². The monoisotopic (exact) mass is 454 g/mol. The van der Waals surface area contributed by atoms with Crippen LogP contribution in [0.1, 0.15) is 0 Å². The highest BCUT2D eigenvalue weighted by Gasteiger charge is 2.65. The average molecular weight is 456 g/mol. The molecule has 1 aliphatic heterocycles. The summed E-state index contributed by atoms with van der Waals surface area (Å²) in [6.07, 6.45) is -5.14. The van der Waals surface area contributed by atoms with E-state index in [1.165, 1.54) is 24.3 Å². The Morgan fingerprint density at radius 3 is 2.46 bits per heavy atom. The molecule has 2 amide bonds. The Labute approximate surface area is 157 Å². The number of ether oxygens (including phenoxy) is 2. The van der Waals surface area contributed by atoms with Gasteiger partial charge in [-0.25, -0.2) is 9.18 Å². The highest BCUT2D eigenvalue weighted by molar-refractivity contribution is 9.10. The van der Waals surface area contributed by atoms with Crippen molar-refractivity contribution in [3.8, 4) is 11.5 Å². The Bertz CT molecular complexity index is 880. The number of carbonyl (C=O) groups excluding carboxylic acids is 1. The second-order valence-corrected chi connectivity index (χ2v) is 6.46. The van der Waals surface area contributed by atoms with E-state index >= 15 is 0 Å². The topological polar surface area (TPSA) is 59.6 Å². The van der Waals surface area contributed by atoms with Crippen LogP contribution in [-0.2, 0) is 0 Å². The lowest BCUT2D eigenvalue weighted by Crippen LogP contribution is -2.65. The van der Waals surface area contributed by atoms with Gasteiger partial charge in [-0.3, -0.25) is 5.32 Å². The van der Waals surface area contributed by atoms with Crippen molar-refractivity contribution >= 4 is 39.2 Å². The number of rotatable bonds is 2. The fraction of sp³-hybridized carbons (Fsp3) is 0.133. The number of amides is 2. The van der Waals surface area contributed by atoms with E-state index in [0.717, 1.165) is 12.1 Å². The zero-order valence-electron chi connectivity index (χ0n) is 12.5. The Kier molecular flexibility index (Phi) is 4.65. The lowest BCUT2D eigenvalue weighted by molar-refractivity contribution is -0.317. The number of hydrogen-bond acceptors (Lipinski definition) is 3. The Morgan fingerprint density at radius 1 is 1.12 bits per heavy atom. The Morgan fingerprint density at radius 2 is 1.81 bits per heavy atom.